The van der Waals surface area contributed by atoms with Crippen LogP contribution in [-0.2, 0) is 20.9 Å². The van der Waals surface area contributed by atoms with E-state index in [1.165, 1.54) is 11.3 Å². The first-order valence-corrected chi connectivity index (χ1v) is 11.6. The van der Waals surface area contributed by atoms with Gasteiger partial charge >= 0.3 is 5.97 Å². The third-order valence-corrected chi connectivity index (χ3v) is 6.47. The lowest BCUT2D eigenvalue weighted by molar-refractivity contribution is -0.155. The largest absolute Gasteiger partial charge is 0.461 e. The molecule has 5 nitrogen and oxygen atoms in total. The average Bonchev–Trinajstić information content (AvgIpc) is 3.26. The number of hydrogen-bond acceptors (Lipinski definition) is 5. The standard InChI is InChI=1S/C24H23ClN2O3S/c25-18-10-6-7-16(13-18)14-30-23(29)20-12-5-4-11-19(20)22(28)27-24-26-21(15-31-24)17-8-2-1-3-9-17/h1-3,6-10,13,15,19-20H,4-5,11-12,14H2,(H,26,27,28)/t19-,20+/m1/s1. The molecule has 1 aliphatic rings. The van der Waals surface area contributed by atoms with Gasteiger partial charge in [-0.15, -0.1) is 11.3 Å². The van der Waals surface area contributed by atoms with Gasteiger partial charge in [-0.2, -0.15) is 0 Å². The Labute approximate surface area is 190 Å². The summed E-state index contributed by atoms with van der Waals surface area (Å²) in [5, 5.41) is 5.97. The zero-order chi connectivity index (χ0) is 21.6. The summed E-state index contributed by atoms with van der Waals surface area (Å²) in [5.74, 6) is -1.35. The van der Waals surface area contributed by atoms with Gasteiger partial charge < -0.3 is 10.1 Å². The van der Waals surface area contributed by atoms with Gasteiger partial charge in [-0.25, -0.2) is 4.98 Å². The molecule has 1 saturated carbocycles. The molecule has 1 heterocycles. The highest BCUT2D eigenvalue weighted by Crippen LogP contribution is 2.33. The molecule has 1 aromatic heterocycles. The van der Waals surface area contributed by atoms with E-state index < -0.39 is 11.8 Å². The summed E-state index contributed by atoms with van der Waals surface area (Å²) >= 11 is 7.38. The third-order valence-electron chi connectivity index (χ3n) is 5.48. The number of benzene rings is 2. The number of nitrogens with one attached hydrogen (secondary N) is 1. The summed E-state index contributed by atoms with van der Waals surface area (Å²) in [5.41, 5.74) is 2.65. The van der Waals surface area contributed by atoms with Gasteiger partial charge in [0.2, 0.25) is 5.91 Å². The number of amides is 1. The third kappa shape index (κ3) is 5.51. The van der Waals surface area contributed by atoms with Crippen molar-refractivity contribution in [3.05, 3.63) is 70.6 Å². The minimum absolute atomic E-state index is 0.150. The van der Waals surface area contributed by atoms with Crippen molar-refractivity contribution >= 4 is 39.9 Å². The lowest BCUT2D eigenvalue weighted by Gasteiger charge is -2.28. The maximum absolute atomic E-state index is 13.0. The van der Waals surface area contributed by atoms with Crippen LogP contribution in [0.3, 0.4) is 0 Å². The van der Waals surface area contributed by atoms with Gasteiger partial charge in [-0.1, -0.05) is 66.9 Å². The minimum atomic E-state index is -0.443. The van der Waals surface area contributed by atoms with Gasteiger partial charge in [-0.3, -0.25) is 9.59 Å². The number of ether oxygens (including phenoxy) is 1. The number of aromatic nitrogens is 1. The quantitative estimate of drug-likeness (QED) is 0.467. The molecule has 0 saturated heterocycles. The molecule has 31 heavy (non-hydrogen) atoms. The highest BCUT2D eigenvalue weighted by Gasteiger charge is 2.37. The van der Waals surface area contributed by atoms with Gasteiger partial charge in [0.1, 0.15) is 6.61 Å². The van der Waals surface area contributed by atoms with E-state index in [4.69, 9.17) is 16.3 Å². The van der Waals surface area contributed by atoms with Crippen LogP contribution in [0.4, 0.5) is 5.13 Å². The Balaban J connectivity index is 1.39. The van der Waals surface area contributed by atoms with Crippen molar-refractivity contribution in [2.75, 3.05) is 5.32 Å². The first-order chi connectivity index (χ1) is 15.1. The minimum Gasteiger partial charge on any atom is -0.461 e. The molecular formula is C24H23ClN2O3S. The first-order valence-electron chi connectivity index (χ1n) is 10.3. The maximum Gasteiger partial charge on any atom is 0.310 e. The van der Waals surface area contributed by atoms with Crippen molar-refractivity contribution < 1.29 is 14.3 Å². The summed E-state index contributed by atoms with van der Waals surface area (Å²) in [7, 11) is 0. The summed E-state index contributed by atoms with van der Waals surface area (Å²) in [6, 6.07) is 17.0. The summed E-state index contributed by atoms with van der Waals surface area (Å²) in [6.07, 6.45) is 3.15. The molecule has 3 aromatic rings. The Morgan fingerprint density at radius 3 is 2.61 bits per heavy atom. The van der Waals surface area contributed by atoms with E-state index in [1.54, 1.807) is 12.1 Å². The van der Waals surface area contributed by atoms with Crippen molar-refractivity contribution in [1.29, 1.82) is 0 Å². The maximum atomic E-state index is 13.0. The fraction of sp³-hybridized carbons (Fsp3) is 0.292. The van der Waals surface area contributed by atoms with Crippen LogP contribution >= 0.6 is 22.9 Å². The van der Waals surface area contributed by atoms with Gasteiger partial charge in [0, 0.05) is 16.0 Å². The number of carbonyl (C=O) groups is 2. The predicted molar refractivity (Wildman–Crippen MR) is 123 cm³/mol. The van der Waals surface area contributed by atoms with Crippen LogP contribution in [0.25, 0.3) is 11.3 Å². The molecular weight excluding hydrogens is 432 g/mol. The van der Waals surface area contributed by atoms with E-state index >= 15 is 0 Å². The van der Waals surface area contributed by atoms with E-state index in [1.807, 2.05) is 47.8 Å². The highest BCUT2D eigenvalue weighted by molar-refractivity contribution is 7.14. The van der Waals surface area contributed by atoms with Crippen LogP contribution in [0.2, 0.25) is 5.02 Å². The second kappa shape index (κ2) is 10.1. The zero-order valence-electron chi connectivity index (χ0n) is 16.9. The van der Waals surface area contributed by atoms with E-state index in [9.17, 15) is 9.59 Å². The molecule has 0 radical (unpaired) electrons. The van der Waals surface area contributed by atoms with Crippen molar-refractivity contribution in [2.45, 2.75) is 32.3 Å². The number of esters is 1. The summed E-state index contributed by atoms with van der Waals surface area (Å²) in [6.45, 7) is 0.150. The first kappa shape index (κ1) is 21.5. The predicted octanol–water partition coefficient (Wildman–Crippen LogP) is 5.95. The molecule has 7 heteroatoms. The van der Waals surface area contributed by atoms with Crippen LogP contribution < -0.4 is 5.32 Å². The van der Waals surface area contributed by atoms with Crippen molar-refractivity contribution in [2.24, 2.45) is 11.8 Å². The molecule has 0 spiro atoms. The number of nitrogens with zero attached hydrogens (tertiary/aromatic N) is 1. The Morgan fingerprint density at radius 1 is 1.06 bits per heavy atom. The van der Waals surface area contributed by atoms with Gasteiger partial charge in [0.25, 0.3) is 0 Å². The molecule has 1 N–H and O–H groups in total. The van der Waals surface area contributed by atoms with Crippen LogP contribution in [0.15, 0.2) is 60.0 Å². The van der Waals surface area contributed by atoms with Crippen LogP contribution in [-0.4, -0.2) is 16.9 Å². The number of anilines is 1. The monoisotopic (exact) mass is 454 g/mol. The van der Waals surface area contributed by atoms with Crippen LogP contribution in [0, 0.1) is 11.8 Å². The molecule has 2 atom stereocenters. The van der Waals surface area contributed by atoms with E-state index in [2.05, 4.69) is 10.3 Å². The average molecular weight is 455 g/mol. The molecule has 1 fully saturated rings. The normalized spacial score (nSPS) is 18.4. The fourth-order valence-corrected chi connectivity index (χ4v) is 4.82. The van der Waals surface area contributed by atoms with Crippen LogP contribution in [0.1, 0.15) is 31.2 Å². The molecule has 1 amide bonds. The number of carbonyl (C=O) groups excluding carboxylic acids is 2. The second-order valence-corrected chi connectivity index (χ2v) is 8.92. The Morgan fingerprint density at radius 2 is 1.84 bits per heavy atom. The fourth-order valence-electron chi connectivity index (χ4n) is 3.89. The number of hydrogen-bond donors (Lipinski definition) is 1. The van der Waals surface area contributed by atoms with E-state index in [-0.39, 0.29) is 18.5 Å². The van der Waals surface area contributed by atoms with Crippen molar-refractivity contribution in [3.63, 3.8) is 0 Å². The molecule has 160 valence electrons. The number of rotatable bonds is 6. The lowest BCUT2D eigenvalue weighted by Crippen LogP contribution is -2.37. The molecule has 0 unspecified atom stereocenters. The summed E-state index contributed by atoms with van der Waals surface area (Å²) < 4.78 is 5.52. The van der Waals surface area contributed by atoms with Crippen LogP contribution in [0.5, 0.6) is 0 Å². The Bertz CT molecular complexity index is 1050. The van der Waals surface area contributed by atoms with Gasteiger partial charge in [0.05, 0.1) is 17.5 Å². The molecule has 4 rings (SSSR count). The van der Waals surface area contributed by atoms with Crippen molar-refractivity contribution in [3.8, 4) is 11.3 Å². The zero-order valence-corrected chi connectivity index (χ0v) is 18.5. The lowest BCUT2D eigenvalue weighted by atomic mass is 9.78. The molecule has 0 bridgehead atoms. The molecule has 2 aromatic carbocycles. The van der Waals surface area contributed by atoms with Gasteiger partial charge in [-0.05, 0) is 30.5 Å². The topological polar surface area (TPSA) is 68.3 Å². The van der Waals surface area contributed by atoms with Crippen molar-refractivity contribution in [1.82, 2.24) is 4.98 Å². The van der Waals surface area contributed by atoms with Gasteiger partial charge in [0.15, 0.2) is 5.13 Å². The Hall–Kier alpha value is -2.70. The number of thiazole rings is 1. The van der Waals surface area contributed by atoms with E-state index in [0.29, 0.717) is 23.0 Å². The Kier molecular flexibility index (Phi) is 6.99. The molecule has 1 aliphatic carbocycles. The highest BCUT2D eigenvalue weighted by atomic mass is 35.5. The molecule has 0 aliphatic heterocycles. The SMILES string of the molecule is O=C(OCc1cccc(Cl)c1)[C@H]1CCCC[C@H]1C(=O)Nc1nc(-c2ccccc2)cs1. The van der Waals surface area contributed by atoms with E-state index in [0.717, 1.165) is 29.7 Å². The smallest absolute Gasteiger partial charge is 0.310 e. The second-order valence-electron chi connectivity index (χ2n) is 7.63. The summed E-state index contributed by atoms with van der Waals surface area (Å²) in [4.78, 5) is 30.3. The number of halogens is 1.